The predicted molar refractivity (Wildman–Crippen MR) is 344 cm³/mol. The summed E-state index contributed by atoms with van der Waals surface area (Å²) < 4.78 is 68.1. The van der Waals surface area contributed by atoms with Gasteiger partial charge in [0.1, 0.15) is 19.3 Å². The van der Waals surface area contributed by atoms with E-state index >= 15 is 0 Å². The van der Waals surface area contributed by atoms with Crippen molar-refractivity contribution in [3.63, 3.8) is 0 Å². The van der Waals surface area contributed by atoms with Crippen LogP contribution < -0.4 is 0 Å². The zero-order valence-electron chi connectivity index (χ0n) is 55.8. The summed E-state index contributed by atoms with van der Waals surface area (Å²) >= 11 is 0. The van der Waals surface area contributed by atoms with Gasteiger partial charge >= 0.3 is 39.5 Å². The van der Waals surface area contributed by atoms with Crippen LogP contribution in [0.2, 0.25) is 0 Å². The van der Waals surface area contributed by atoms with Crippen LogP contribution in [0.4, 0.5) is 0 Å². The average Bonchev–Trinajstić information content (AvgIpc) is 3.66. The molecule has 0 fully saturated rings. The van der Waals surface area contributed by atoms with Crippen molar-refractivity contribution < 1.29 is 80.2 Å². The Morgan fingerprint density at radius 1 is 0.314 bits per heavy atom. The summed E-state index contributed by atoms with van der Waals surface area (Å²) in [7, 11) is -9.89. The first kappa shape index (κ1) is 84.1. The SMILES string of the molecule is CCCCCCCCCCCCCC(=O)O[C@H](COC(=O)CCCCCCCCCC(C)C)COP(=O)(O)OC[C@H](O)COP(=O)(O)OC[C@@H](COC(=O)CCCCCCCCCCC(C)C)OC(=O)CCCCCCCCCCCCCC(C)C. The van der Waals surface area contributed by atoms with Crippen molar-refractivity contribution in [1.82, 2.24) is 0 Å². The number of unbranched alkanes of at least 4 members (excludes halogenated alkanes) is 33. The third kappa shape index (κ3) is 60.9. The molecule has 0 bridgehead atoms. The second kappa shape index (κ2) is 58.2. The van der Waals surface area contributed by atoms with Crippen LogP contribution in [0, 0.1) is 17.8 Å². The first-order valence-corrected chi connectivity index (χ1v) is 37.8. The molecule has 0 aliphatic heterocycles. The van der Waals surface area contributed by atoms with Crippen molar-refractivity contribution in [2.75, 3.05) is 39.6 Å². The van der Waals surface area contributed by atoms with Crippen molar-refractivity contribution >= 4 is 39.5 Å². The number of rotatable bonds is 65. The number of carbonyl (C=O) groups is 4. The molecule has 5 atom stereocenters. The lowest BCUT2D eigenvalue weighted by Crippen LogP contribution is -2.30. The molecule has 0 rings (SSSR count). The number of aliphatic hydroxyl groups is 1. The maximum Gasteiger partial charge on any atom is 0.472 e. The first-order chi connectivity index (χ1) is 41.2. The number of ether oxygens (including phenoxy) is 4. The average molecular weight is 1270 g/mol. The van der Waals surface area contributed by atoms with Crippen LogP contribution in [0.1, 0.15) is 331 Å². The minimum absolute atomic E-state index is 0.105. The Hall–Kier alpha value is -1.94. The molecule has 0 aromatic rings. The van der Waals surface area contributed by atoms with E-state index in [1.165, 1.54) is 135 Å². The molecule has 19 heteroatoms. The maximum atomic E-state index is 13.0. The maximum absolute atomic E-state index is 13.0. The molecule has 0 spiro atoms. The zero-order chi connectivity index (χ0) is 63.8. The Morgan fingerprint density at radius 3 is 0.791 bits per heavy atom. The van der Waals surface area contributed by atoms with Gasteiger partial charge in [0, 0.05) is 25.7 Å². The van der Waals surface area contributed by atoms with Crippen molar-refractivity contribution in [3.05, 3.63) is 0 Å². The molecular weight excluding hydrogens is 1140 g/mol. The van der Waals surface area contributed by atoms with Crippen molar-refractivity contribution in [3.8, 4) is 0 Å². The van der Waals surface area contributed by atoms with Crippen LogP contribution in [0.5, 0.6) is 0 Å². The van der Waals surface area contributed by atoms with E-state index in [2.05, 4.69) is 48.5 Å². The highest BCUT2D eigenvalue weighted by Gasteiger charge is 2.30. The van der Waals surface area contributed by atoms with Gasteiger partial charge in [-0.05, 0) is 43.4 Å². The summed E-state index contributed by atoms with van der Waals surface area (Å²) in [5, 5.41) is 10.6. The lowest BCUT2D eigenvalue weighted by atomic mass is 10.0. The number of esters is 4. The normalized spacial score (nSPS) is 14.3. The molecule has 0 radical (unpaired) electrons. The number of hydrogen-bond acceptors (Lipinski definition) is 15. The molecule has 86 heavy (non-hydrogen) atoms. The Kier molecular flexibility index (Phi) is 56.9. The van der Waals surface area contributed by atoms with Gasteiger partial charge in [0.15, 0.2) is 12.2 Å². The molecule has 0 saturated carbocycles. The molecule has 510 valence electrons. The smallest absolute Gasteiger partial charge is 0.462 e. The second-order valence-corrected chi connectivity index (χ2v) is 28.5. The molecular formula is C67H130O17P2. The Morgan fingerprint density at radius 2 is 0.535 bits per heavy atom. The molecule has 3 N–H and O–H groups in total. The molecule has 0 saturated heterocycles. The highest BCUT2D eigenvalue weighted by molar-refractivity contribution is 7.47. The summed E-state index contributed by atoms with van der Waals surface area (Å²) in [5.74, 6) is 0.0656. The van der Waals surface area contributed by atoms with E-state index in [9.17, 15) is 43.2 Å². The van der Waals surface area contributed by atoms with Gasteiger partial charge in [0.2, 0.25) is 0 Å². The van der Waals surface area contributed by atoms with Gasteiger partial charge in [-0.15, -0.1) is 0 Å². The fourth-order valence-corrected chi connectivity index (χ4v) is 11.6. The highest BCUT2D eigenvalue weighted by Crippen LogP contribution is 2.45. The van der Waals surface area contributed by atoms with Gasteiger partial charge in [-0.1, -0.05) is 280 Å². The summed E-state index contributed by atoms with van der Waals surface area (Å²) in [5.41, 5.74) is 0. The van der Waals surface area contributed by atoms with Gasteiger partial charge < -0.3 is 33.8 Å². The number of phosphoric ester groups is 2. The molecule has 0 aromatic carbocycles. The lowest BCUT2D eigenvalue weighted by molar-refractivity contribution is -0.161. The van der Waals surface area contributed by atoms with Crippen LogP contribution in [-0.2, 0) is 65.4 Å². The van der Waals surface area contributed by atoms with Gasteiger partial charge in [-0.3, -0.25) is 37.3 Å². The summed E-state index contributed by atoms with van der Waals surface area (Å²) in [6, 6.07) is 0. The number of carbonyl (C=O) groups excluding carboxylic acids is 4. The number of aliphatic hydroxyl groups excluding tert-OH is 1. The first-order valence-electron chi connectivity index (χ1n) is 34.8. The second-order valence-electron chi connectivity index (χ2n) is 25.6. The van der Waals surface area contributed by atoms with E-state index in [4.69, 9.17) is 37.0 Å². The molecule has 17 nitrogen and oxygen atoms in total. The Labute approximate surface area is 524 Å². The van der Waals surface area contributed by atoms with E-state index < -0.39 is 97.5 Å². The summed E-state index contributed by atoms with van der Waals surface area (Å²) in [6.45, 7) is 11.7. The van der Waals surface area contributed by atoms with Crippen LogP contribution in [-0.4, -0.2) is 96.7 Å². The quantitative estimate of drug-likeness (QED) is 0.0222. The lowest BCUT2D eigenvalue weighted by Gasteiger charge is -2.21. The predicted octanol–water partition coefficient (Wildman–Crippen LogP) is 18.7. The van der Waals surface area contributed by atoms with Crippen LogP contribution in [0.3, 0.4) is 0 Å². The van der Waals surface area contributed by atoms with Crippen molar-refractivity contribution in [2.45, 2.75) is 349 Å². The third-order valence-corrected chi connectivity index (χ3v) is 17.3. The van der Waals surface area contributed by atoms with Gasteiger partial charge in [-0.2, -0.15) is 0 Å². The number of phosphoric acid groups is 2. The number of hydrogen-bond donors (Lipinski definition) is 3. The minimum Gasteiger partial charge on any atom is -0.462 e. The van der Waals surface area contributed by atoms with Crippen LogP contribution in [0.25, 0.3) is 0 Å². The van der Waals surface area contributed by atoms with Gasteiger partial charge in [0.05, 0.1) is 26.4 Å². The third-order valence-electron chi connectivity index (χ3n) is 15.4. The molecule has 0 aromatic heterocycles. The standard InChI is InChI=1S/C67H130O17P2/c1-8-9-10-11-12-13-15-19-28-36-43-50-66(71)84-63(55-78-65(70)49-42-35-30-23-26-33-40-47-60(6)7)57-82-86(75,76)80-53-61(68)52-79-85(73,74)81-56-62(54-77-64(69)48-41-34-27-22-21-25-32-39-46-59(4)5)83-67(72)51-44-37-29-20-17-14-16-18-24-31-38-45-58(2)3/h58-63,68H,8-57H2,1-7H3,(H,73,74)(H,75,76)/t61-,62-,63-/m1/s1. The van der Waals surface area contributed by atoms with E-state index in [0.717, 1.165) is 108 Å². The molecule has 0 heterocycles. The van der Waals surface area contributed by atoms with Gasteiger partial charge in [-0.25, -0.2) is 9.13 Å². The van der Waals surface area contributed by atoms with Gasteiger partial charge in [0.25, 0.3) is 0 Å². The fourth-order valence-electron chi connectivity index (χ4n) is 10.0. The fraction of sp³-hybridized carbons (Fsp3) is 0.940. The van der Waals surface area contributed by atoms with Crippen molar-refractivity contribution in [1.29, 1.82) is 0 Å². The topological polar surface area (TPSA) is 237 Å². The van der Waals surface area contributed by atoms with Crippen LogP contribution >= 0.6 is 15.6 Å². The minimum atomic E-state index is -4.95. The van der Waals surface area contributed by atoms with E-state index in [-0.39, 0.29) is 25.7 Å². The Bertz CT molecular complexity index is 1700. The zero-order valence-corrected chi connectivity index (χ0v) is 57.6. The van der Waals surface area contributed by atoms with E-state index in [0.29, 0.717) is 31.6 Å². The molecule has 0 amide bonds. The summed E-state index contributed by atoms with van der Waals surface area (Å²) in [4.78, 5) is 72.4. The van der Waals surface area contributed by atoms with Crippen molar-refractivity contribution in [2.24, 2.45) is 17.8 Å². The van der Waals surface area contributed by atoms with Crippen LogP contribution in [0.15, 0.2) is 0 Å². The highest BCUT2D eigenvalue weighted by atomic mass is 31.2. The molecule has 0 aliphatic carbocycles. The largest absolute Gasteiger partial charge is 0.472 e. The monoisotopic (exact) mass is 1270 g/mol. The summed E-state index contributed by atoms with van der Waals surface area (Å²) in [6.07, 6.45) is 40.3. The molecule has 0 aliphatic rings. The molecule has 2 unspecified atom stereocenters. The Balaban J connectivity index is 5.25. The van der Waals surface area contributed by atoms with E-state index in [1.807, 2.05) is 0 Å². The van der Waals surface area contributed by atoms with E-state index in [1.54, 1.807) is 0 Å².